The Kier molecular flexibility index (Phi) is 5.48. The second-order valence-electron chi connectivity index (χ2n) is 8.61. The Bertz CT molecular complexity index is 1190. The zero-order chi connectivity index (χ0) is 22.1. The third-order valence-electron chi connectivity index (χ3n) is 6.06. The summed E-state index contributed by atoms with van der Waals surface area (Å²) < 4.78 is 2.10. The van der Waals surface area contributed by atoms with E-state index >= 15 is 0 Å². The molecule has 4 aromatic rings. The highest BCUT2D eigenvalue weighted by Crippen LogP contribution is 2.28. The first-order valence-corrected chi connectivity index (χ1v) is 11.2. The van der Waals surface area contributed by atoms with Crippen molar-refractivity contribution in [2.75, 3.05) is 23.3 Å². The monoisotopic (exact) mass is 431 g/mol. The quantitative estimate of drug-likeness (QED) is 0.429. The molecule has 0 atom stereocenters. The van der Waals surface area contributed by atoms with Crippen LogP contribution >= 0.6 is 0 Å². The van der Waals surface area contributed by atoms with Crippen molar-refractivity contribution in [3.05, 3.63) is 48.5 Å². The summed E-state index contributed by atoms with van der Waals surface area (Å²) in [6.07, 6.45) is 7.50. The average molecular weight is 432 g/mol. The van der Waals surface area contributed by atoms with E-state index in [1.165, 1.54) is 0 Å². The number of H-pyrrole nitrogens is 1. The van der Waals surface area contributed by atoms with Crippen LogP contribution in [0, 0.1) is 0 Å². The van der Waals surface area contributed by atoms with Crippen molar-refractivity contribution in [3.8, 4) is 11.1 Å². The van der Waals surface area contributed by atoms with Gasteiger partial charge in [0.2, 0.25) is 5.95 Å². The molecule has 0 amide bonds. The van der Waals surface area contributed by atoms with Gasteiger partial charge in [0.15, 0.2) is 17.0 Å². The lowest BCUT2D eigenvalue weighted by atomic mass is 10.0. The highest BCUT2D eigenvalue weighted by Gasteiger charge is 2.22. The van der Waals surface area contributed by atoms with Gasteiger partial charge in [-0.05, 0) is 37.8 Å². The molecular formula is C23H29N9. The zero-order valence-corrected chi connectivity index (χ0v) is 18.5. The van der Waals surface area contributed by atoms with Gasteiger partial charge in [-0.2, -0.15) is 15.1 Å². The maximum Gasteiger partial charge on any atom is 0.229 e. The van der Waals surface area contributed by atoms with Crippen LogP contribution in [0.3, 0.4) is 0 Å². The number of imidazole rings is 1. The van der Waals surface area contributed by atoms with Crippen molar-refractivity contribution >= 4 is 22.9 Å². The van der Waals surface area contributed by atoms with E-state index < -0.39 is 0 Å². The van der Waals surface area contributed by atoms with Crippen LogP contribution in [0.25, 0.3) is 22.3 Å². The maximum atomic E-state index is 6.11. The lowest BCUT2D eigenvalue weighted by Crippen LogP contribution is -2.40. The van der Waals surface area contributed by atoms with Crippen LogP contribution in [0.5, 0.6) is 0 Å². The highest BCUT2D eigenvalue weighted by atomic mass is 15.3. The van der Waals surface area contributed by atoms with Gasteiger partial charge in [0.05, 0.1) is 12.5 Å². The molecule has 9 nitrogen and oxygen atoms in total. The minimum atomic E-state index is 0.257. The van der Waals surface area contributed by atoms with Crippen molar-refractivity contribution < 1.29 is 0 Å². The lowest BCUT2D eigenvalue weighted by molar-refractivity contribution is 0.495. The number of anilines is 2. The molecule has 0 saturated carbocycles. The third-order valence-corrected chi connectivity index (χ3v) is 6.06. The number of rotatable bonds is 6. The van der Waals surface area contributed by atoms with Crippen LogP contribution in [0.1, 0.15) is 38.3 Å². The second kappa shape index (κ2) is 8.58. The molecule has 0 radical (unpaired) electrons. The summed E-state index contributed by atoms with van der Waals surface area (Å²) in [6.45, 7) is 6.62. The van der Waals surface area contributed by atoms with E-state index in [2.05, 4.69) is 55.9 Å². The molecule has 4 heterocycles. The van der Waals surface area contributed by atoms with Gasteiger partial charge in [0.25, 0.3) is 0 Å². The molecule has 0 spiro atoms. The molecule has 0 unspecified atom stereocenters. The van der Waals surface area contributed by atoms with Gasteiger partial charge >= 0.3 is 0 Å². The lowest BCUT2D eigenvalue weighted by Gasteiger charge is -2.30. The molecule has 4 N–H and O–H groups in total. The molecule has 1 aliphatic rings. The summed E-state index contributed by atoms with van der Waals surface area (Å²) in [7, 11) is 0. The molecule has 1 saturated heterocycles. The molecule has 9 heteroatoms. The Morgan fingerprint density at radius 3 is 2.75 bits per heavy atom. The predicted molar refractivity (Wildman–Crippen MR) is 126 cm³/mol. The topological polar surface area (TPSA) is 114 Å². The Balaban J connectivity index is 1.50. The predicted octanol–water partition coefficient (Wildman–Crippen LogP) is 3.34. The van der Waals surface area contributed by atoms with Gasteiger partial charge in [-0.3, -0.25) is 5.10 Å². The number of aromatic nitrogens is 6. The second-order valence-corrected chi connectivity index (χ2v) is 8.61. The molecule has 32 heavy (non-hydrogen) atoms. The minimum Gasteiger partial charge on any atom is -0.364 e. The van der Waals surface area contributed by atoms with E-state index in [1.54, 1.807) is 0 Å². The summed E-state index contributed by atoms with van der Waals surface area (Å²) >= 11 is 0. The van der Waals surface area contributed by atoms with Gasteiger partial charge < -0.3 is 20.5 Å². The van der Waals surface area contributed by atoms with E-state index in [-0.39, 0.29) is 12.1 Å². The minimum absolute atomic E-state index is 0.257. The molecule has 0 bridgehead atoms. The van der Waals surface area contributed by atoms with Crippen molar-refractivity contribution in [2.45, 2.75) is 45.3 Å². The van der Waals surface area contributed by atoms with Gasteiger partial charge in [-0.25, -0.2) is 4.98 Å². The fourth-order valence-electron chi connectivity index (χ4n) is 4.18. The first kappa shape index (κ1) is 20.4. The Labute approximate surface area is 187 Å². The molecule has 166 valence electrons. The van der Waals surface area contributed by atoms with Crippen LogP contribution < -0.4 is 16.0 Å². The fourth-order valence-corrected chi connectivity index (χ4v) is 4.18. The third kappa shape index (κ3) is 3.91. The number of aromatic amines is 1. The van der Waals surface area contributed by atoms with Gasteiger partial charge in [-0.1, -0.05) is 24.3 Å². The summed E-state index contributed by atoms with van der Waals surface area (Å²) in [5.74, 6) is 1.48. The molecule has 1 aliphatic heterocycles. The Morgan fingerprint density at radius 2 is 2.00 bits per heavy atom. The number of nitrogens with zero attached hydrogens (tertiary/aromatic N) is 6. The molecule has 5 rings (SSSR count). The fraction of sp³-hybridized carbons (Fsp3) is 0.391. The van der Waals surface area contributed by atoms with Crippen molar-refractivity contribution in [2.24, 2.45) is 5.73 Å². The van der Waals surface area contributed by atoms with Crippen LogP contribution in [0.2, 0.25) is 0 Å². The first-order chi connectivity index (χ1) is 15.6. The van der Waals surface area contributed by atoms with Crippen LogP contribution in [-0.2, 0) is 6.54 Å². The first-order valence-electron chi connectivity index (χ1n) is 11.2. The summed E-state index contributed by atoms with van der Waals surface area (Å²) in [5, 5.41) is 10.5. The maximum absolute atomic E-state index is 6.11. The van der Waals surface area contributed by atoms with Crippen molar-refractivity contribution in [3.63, 3.8) is 0 Å². The number of fused-ring (bicyclic) bond motifs is 1. The van der Waals surface area contributed by atoms with Crippen molar-refractivity contribution in [1.82, 2.24) is 29.7 Å². The number of nitrogens with one attached hydrogen (secondary N) is 2. The molecule has 0 aliphatic carbocycles. The van der Waals surface area contributed by atoms with E-state index in [1.807, 2.05) is 30.9 Å². The molecule has 1 aromatic carbocycles. The SMILES string of the molecule is CC(C)n1cnc2c(NCc3ccccc3-c3cn[nH]c3)nc(N3CCC(N)CC3)nc21. The number of piperidine rings is 1. The highest BCUT2D eigenvalue weighted by molar-refractivity contribution is 5.84. The van der Waals surface area contributed by atoms with E-state index in [0.29, 0.717) is 6.54 Å². The number of nitrogens with two attached hydrogens (primary N) is 1. The van der Waals surface area contributed by atoms with Gasteiger partial charge in [0.1, 0.15) is 0 Å². The standard InChI is InChI=1S/C23H29N9/c1-15(2)32-14-26-20-21(29-23(30-22(20)32)31-9-7-18(24)8-10-31)25-11-16-5-3-4-6-19(16)17-12-27-28-13-17/h3-6,12-15,18H,7-11,24H2,1-2H3,(H,27,28)(H,25,29,30). The van der Waals surface area contributed by atoms with Gasteiger partial charge in [0, 0.05) is 43.5 Å². The molecule has 1 fully saturated rings. The summed E-state index contributed by atoms with van der Waals surface area (Å²) in [6, 6.07) is 8.82. The molecule has 3 aromatic heterocycles. The largest absolute Gasteiger partial charge is 0.364 e. The van der Waals surface area contributed by atoms with E-state index in [9.17, 15) is 0 Å². The number of hydrogen-bond acceptors (Lipinski definition) is 7. The van der Waals surface area contributed by atoms with E-state index in [0.717, 1.165) is 65.6 Å². The van der Waals surface area contributed by atoms with Gasteiger partial charge in [-0.15, -0.1) is 0 Å². The Morgan fingerprint density at radius 1 is 1.19 bits per heavy atom. The normalized spacial score (nSPS) is 15.1. The number of benzene rings is 1. The summed E-state index contributed by atoms with van der Waals surface area (Å²) in [5.41, 5.74) is 11.1. The van der Waals surface area contributed by atoms with Crippen LogP contribution in [-0.4, -0.2) is 48.8 Å². The van der Waals surface area contributed by atoms with Crippen LogP contribution in [0.15, 0.2) is 43.0 Å². The molecular weight excluding hydrogens is 402 g/mol. The average Bonchev–Trinajstić information content (AvgIpc) is 3.48. The number of hydrogen-bond donors (Lipinski definition) is 3. The summed E-state index contributed by atoms with van der Waals surface area (Å²) in [4.78, 5) is 16.7. The van der Waals surface area contributed by atoms with E-state index in [4.69, 9.17) is 15.7 Å². The smallest absolute Gasteiger partial charge is 0.229 e. The van der Waals surface area contributed by atoms with Crippen molar-refractivity contribution in [1.29, 1.82) is 0 Å². The van der Waals surface area contributed by atoms with Crippen LogP contribution in [0.4, 0.5) is 11.8 Å². The zero-order valence-electron chi connectivity index (χ0n) is 18.5. The Hall–Kier alpha value is -3.46.